The second-order valence-corrected chi connectivity index (χ2v) is 15.4. The Labute approximate surface area is 330 Å². The second kappa shape index (κ2) is 12.6. The molecule has 4 heterocycles. The summed E-state index contributed by atoms with van der Waals surface area (Å²) >= 11 is 1.78. The van der Waals surface area contributed by atoms with Crippen molar-refractivity contribution >= 4 is 75.4 Å². The highest BCUT2D eigenvalue weighted by Crippen LogP contribution is 2.43. The molecule has 0 aliphatic heterocycles. The van der Waals surface area contributed by atoms with Crippen molar-refractivity contribution in [2.75, 3.05) is 0 Å². The molecule has 0 atom stereocenters. The molecule has 0 radical (unpaired) electrons. The predicted molar refractivity (Wildman–Crippen MR) is 234 cm³/mol. The first-order valence-electron chi connectivity index (χ1n) is 18.9. The summed E-state index contributed by atoms with van der Waals surface area (Å²) in [5.41, 5.74) is 10.4. The van der Waals surface area contributed by atoms with Gasteiger partial charge in [0.25, 0.3) is 0 Å². The minimum atomic E-state index is 0.605. The van der Waals surface area contributed by atoms with Gasteiger partial charge in [0.15, 0.2) is 17.5 Å². The Balaban J connectivity index is 1.07. The van der Waals surface area contributed by atoms with Gasteiger partial charge in [0.05, 0.1) is 0 Å². The molecule has 12 aromatic rings. The number of benzene rings is 8. The van der Waals surface area contributed by atoms with Crippen LogP contribution in [0.15, 0.2) is 185 Å². The molecule has 0 spiro atoms. The van der Waals surface area contributed by atoms with E-state index in [1.165, 1.54) is 15.5 Å². The average Bonchev–Trinajstić information content (AvgIpc) is 3.96. The molecule has 0 saturated heterocycles. The lowest BCUT2D eigenvalue weighted by molar-refractivity contribution is 0.656. The van der Waals surface area contributed by atoms with Crippen LogP contribution in [0.5, 0.6) is 0 Å². The lowest BCUT2D eigenvalue weighted by atomic mass is 9.97. The molecule has 0 saturated carbocycles. The van der Waals surface area contributed by atoms with Crippen LogP contribution in [0.1, 0.15) is 0 Å². The SMILES string of the molecule is c1ccc(-c2ccccc2-c2nc(-c3cccc(-c4cccc5oc6cc7oc8ccccc8c7cc6c45)c3)nc(-c3cccc4c3sc3ccccc34)n2)cc1. The molecule has 6 heteroatoms. The highest BCUT2D eigenvalue weighted by Gasteiger charge is 2.20. The molecule has 4 aromatic heterocycles. The van der Waals surface area contributed by atoms with Gasteiger partial charge in [-0.25, -0.2) is 15.0 Å². The van der Waals surface area contributed by atoms with E-state index in [9.17, 15) is 0 Å². The molecular formula is C51H29N3O2S. The first-order valence-corrected chi connectivity index (χ1v) is 19.7. The van der Waals surface area contributed by atoms with Gasteiger partial charge in [-0.1, -0.05) is 133 Å². The maximum atomic E-state index is 6.48. The van der Waals surface area contributed by atoms with Gasteiger partial charge in [-0.15, -0.1) is 11.3 Å². The van der Waals surface area contributed by atoms with Gasteiger partial charge in [-0.3, -0.25) is 0 Å². The zero-order chi connectivity index (χ0) is 37.5. The number of thiophene rings is 1. The second-order valence-electron chi connectivity index (χ2n) is 14.3. The number of hydrogen-bond acceptors (Lipinski definition) is 6. The molecular weight excluding hydrogens is 719 g/mol. The lowest BCUT2D eigenvalue weighted by Crippen LogP contribution is -2.01. The summed E-state index contributed by atoms with van der Waals surface area (Å²) < 4.78 is 15.1. The smallest absolute Gasteiger partial charge is 0.165 e. The van der Waals surface area contributed by atoms with E-state index in [1.807, 2.05) is 42.5 Å². The summed E-state index contributed by atoms with van der Waals surface area (Å²) in [6.07, 6.45) is 0. The Morgan fingerprint density at radius 1 is 0.333 bits per heavy atom. The van der Waals surface area contributed by atoms with Crippen LogP contribution in [-0.4, -0.2) is 15.0 Å². The van der Waals surface area contributed by atoms with Gasteiger partial charge in [0, 0.05) is 64.5 Å². The highest BCUT2D eigenvalue weighted by molar-refractivity contribution is 7.26. The molecule has 0 N–H and O–H groups in total. The third-order valence-corrected chi connectivity index (χ3v) is 12.2. The molecule has 0 aliphatic rings. The van der Waals surface area contributed by atoms with Crippen LogP contribution in [0.3, 0.4) is 0 Å². The molecule has 8 aromatic carbocycles. The molecule has 266 valence electrons. The zero-order valence-electron chi connectivity index (χ0n) is 30.3. The van der Waals surface area contributed by atoms with Crippen molar-refractivity contribution in [1.29, 1.82) is 0 Å². The Kier molecular flexibility index (Phi) is 7.03. The summed E-state index contributed by atoms with van der Waals surface area (Å²) in [7, 11) is 0. The van der Waals surface area contributed by atoms with E-state index in [1.54, 1.807) is 11.3 Å². The normalized spacial score (nSPS) is 11.9. The first-order chi connectivity index (χ1) is 28.2. The number of aromatic nitrogens is 3. The van der Waals surface area contributed by atoms with Gasteiger partial charge < -0.3 is 8.83 Å². The topological polar surface area (TPSA) is 65.0 Å². The number of furan rings is 2. The van der Waals surface area contributed by atoms with Gasteiger partial charge >= 0.3 is 0 Å². The van der Waals surface area contributed by atoms with Crippen molar-refractivity contribution in [3.63, 3.8) is 0 Å². The molecule has 0 amide bonds. The fourth-order valence-electron chi connectivity index (χ4n) is 8.33. The molecule has 0 aliphatic carbocycles. The minimum Gasteiger partial charge on any atom is -0.456 e. The van der Waals surface area contributed by atoms with E-state index in [4.69, 9.17) is 23.8 Å². The van der Waals surface area contributed by atoms with Crippen LogP contribution in [-0.2, 0) is 0 Å². The van der Waals surface area contributed by atoms with Gasteiger partial charge in [-0.2, -0.15) is 0 Å². The van der Waals surface area contributed by atoms with Crippen LogP contribution in [0.4, 0.5) is 0 Å². The number of fused-ring (bicyclic) bond motifs is 9. The quantitative estimate of drug-likeness (QED) is 0.175. The Morgan fingerprint density at radius 2 is 0.930 bits per heavy atom. The van der Waals surface area contributed by atoms with Crippen LogP contribution in [0, 0.1) is 0 Å². The summed E-state index contributed by atoms with van der Waals surface area (Å²) in [6, 6.07) is 60.9. The van der Waals surface area contributed by atoms with Crippen molar-refractivity contribution in [2.24, 2.45) is 0 Å². The van der Waals surface area contributed by atoms with Crippen molar-refractivity contribution < 1.29 is 8.83 Å². The fourth-order valence-corrected chi connectivity index (χ4v) is 9.54. The summed E-state index contributed by atoms with van der Waals surface area (Å²) in [4.78, 5) is 15.8. The van der Waals surface area contributed by atoms with E-state index in [2.05, 4.69) is 133 Å². The Bertz CT molecular complexity index is 3540. The van der Waals surface area contributed by atoms with Crippen LogP contribution >= 0.6 is 11.3 Å². The van der Waals surface area contributed by atoms with Gasteiger partial charge in [0.1, 0.15) is 22.3 Å². The third-order valence-electron chi connectivity index (χ3n) is 11.0. The van der Waals surface area contributed by atoms with Crippen molar-refractivity contribution in [2.45, 2.75) is 0 Å². The molecule has 57 heavy (non-hydrogen) atoms. The number of nitrogens with zero attached hydrogens (tertiary/aromatic N) is 3. The van der Waals surface area contributed by atoms with E-state index < -0.39 is 0 Å². The Hall–Kier alpha value is -7.41. The molecule has 5 nitrogen and oxygen atoms in total. The minimum absolute atomic E-state index is 0.605. The number of para-hydroxylation sites is 1. The standard InChI is InChI=1S/C51H29N3O2S/c1-2-13-30(14-3-1)33-17-4-5-20-38(33)50-52-49(53-51(54-50)39-23-11-22-37-36-19-7-9-26-46(36)57-48(37)39)32-16-10-15-31(27-32)34-21-12-25-43-47(34)41-28-40-35-18-6-8-24-42(35)55-44(40)29-45(41)56-43/h1-29H. The monoisotopic (exact) mass is 747 g/mol. The van der Waals surface area contributed by atoms with Crippen molar-refractivity contribution in [1.82, 2.24) is 15.0 Å². The van der Waals surface area contributed by atoms with Crippen LogP contribution < -0.4 is 0 Å². The molecule has 0 bridgehead atoms. The zero-order valence-corrected chi connectivity index (χ0v) is 31.1. The maximum Gasteiger partial charge on any atom is 0.165 e. The molecule has 0 fully saturated rings. The third kappa shape index (κ3) is 5.12. The maximum absolute atomic E-state index is 6.48. The first kappa shape index (κ1) is 31.9. The number of rotatable bonds is 5. The summed E-state index contributed by atoms with van der Waals surface area (Å²) in [6.45, 7) is 0. The van der Waals surface area contributed by atoms with Crippen molar-refractivity contribution in [3.05, 3.63) is 176 Å². The van der Waals surface area contributed by atoms with Crippen LogP contribution in [0.25, 0.3) is 120 Å². The Morgan fingerprint density at radius 3 is 1.84 bits per heavy atom. The average molecular weight is 748 g/mol. The highest BCUT2D eigenvalue weighted by atomic mass is 32.1. The lowest BCUT2D eigenvalue weighted by Gasteiger charge is -2.13. The van der Waals surface area contributed by atoms with Crippen LogP contribution in [0.2, 0.25) is 0 Å². The van der Waals surface area contributed by atoms with E-state index in [0.717, 1.165) is 87.5 Å². The molecule has 0 unspecified atom stereocenters. The fraction of sp³-hybridized carbons (Fsp3) is 0. The van der Waals surface area contributed by atoms with Crippen molar-refractivity contribution in [3.8, 4) is 56.4 Å². The largest absolute Gasteiger partial charge is 0.456 e. The van der Waals surface area contributed by atoms with Gasteiger partial charge in [0.2, 0.25) is 0 Å². The van der Waals surface area contributed by atoms with E-state index in [-0.39, 0.29) is 0 Å². The predicted octanol–water partition coefficient (Wildman–Crippen LogP) is 14.4. The van der Waals surface area contributed by atoms with E-state index in [0.29, 0.717) is 17.5 Å². The molecule has 12 rings (SSSR count). The van der Waals surface area contributed by atoms with E-state index >= 15 is 0 Å². The summed E-state index contributed by atoms with van der Waals surface area (Å²) in [5, 5.41) is 6.69. The summed E-state index contributed by atoms with van der Waals surface area (Å²) in [5.74, 6) is 1.87. The number of hydrogen-bond donors (Lipinski definition) is 0. The van der Waals surface area contributed by atoms with Gasteiger partial charge in [-0.05, 0) is 58.7 Å².